The van der Waals surface area contributed by atoms with Crippen LogP contribution in [0.3, 0.4) is 0 Å². The first-order valence-electron chi connectivity index (χ1n) is 16.1. The molecule has 1 amide bonds. The Morgan fingerprint density at radius 1 is 0.814 bits per heavy atom. The summed E-state index contributed by atoms with van der Waals surface area (Å²) >= 11 is 0. The minimum absolute atomic E-state index is 0.0237. The summed E-state index contributed by atoms with van der Waals surface area (Å²) in [6.45, 7) is 4.94. The van der Waals surface area contributed by atoms with E-state index in [9.17, 15) is 13.2 Å². The van der Waals surface area contributed by atoms with Crippen molar-refractivity contribution in [2.75, 3.05) is 45.8 Å². The summed E-state index contributed by atoms with van der Waals surface area (Å²) in [4.78, 5) is 22.0. The predicted octanol–water partition coefficient (Wildman–Crippen LogP) is 3.54. The van der Waals surface area contributed by atoms with Gasteiger partial charge in [-0.3, -0.25) is 14.7 Å². The van der Waals surface area contributed by atoms with E-state index in [0.29, 0.717) is 37.9 Å². The number of sulfonamides is 1. The van der Waals surface area contributed by atoms with Crippen molar-refractivity contribution >= 4 is 32.7 Å². The Morgan fingerprint density at radius 2 is 1.42 bits per heavy atom. The molecule has 7 N–H and O–H groups in total. The number of amides is 1. The Morgan fingerprint density at radius 3 is 2.07 bits per heavy atom. The Kier molecular flexibility index (Phi) is 15.2. The molecule has 10 nitrogen and oxygen atoms in total. The Balaban J connectivity index is 1.48. The summed E-state index contributed by atoms with van der Waals surface area (Å²) in [5.74, 6) is -0.222. The van der Waals surface area contributed by atoms with Gasteiger partial charge in [0.25, 0.3) is 0 Å². The number of guanidine groups is 1. The van der Waals surface area contributed by atoms with E-state index in [1.54, 1.807) is 23.1 Å². The number of unbranched alkanes of at least 4 members (excludes halogenated alkanes) is 9. The lowest BCUT2D eigenvalue weighted by Gasteiger charge is -2.36. The second kappa shape index (κ2) is 18.8. The molecule has 0 saturated carbocycles. The maximum absolute atomic E-state index is 13.7. The van der Waals surface area contributed by atoms with E-state index in [1.807, 2.05) is 24.3 Å². The van der Waals surface area contributed by atoms with Crippen LogP contribution in [0, 0.1) is 0 Å². The molecule has 240 valence electrons. The highest BCUT2D eigenvalue weighted by Gasteiger charge is 2.31. The number of carbonyl (C=O) groups excluding carboxylic acids is 1. The number of nitrogens with two attached hydrogens (primary N) is 3. The number of nitrogens with zero attached hydrogens (tertiary/aromatic N) is 3. The number of hydrogen-bond donors (Lipinski definition) is 4. The maximum atomic E-state index is 13.7. The lowest BCUT2D eigenvalue weighted by Crippen LogP contribution is -2.55. The van der Waals surface area contributed by atoms with Crippen molar-refractivity contribution in [3.05, 3.63) is 42.5 Å². The molecule has 43 heavy (non-hydrogen) atoms. The van der Waals surface area contributed by atoms with Crippen molar-refractivity contribution in [3.63, 3.8) is 0 Å². The highest BCUT2D eigenvalue weighted by Crippen LogP contribution is 2.23. The minimum atomic E-state index is -3.96. The number of hydrogen-bond acceptors (Lipinski definition) is 6. The smallest absolute Gasteiger partial charge is 0.241 e. The van der Waals surface area contributed by atoms with Crippen molar-refractivity contribution in [1.29, 1.82) is 0 Å². The Labute approximate surface area is 258 Å². The number of piperazine rings is 1. The van der Waals surface area contributed by atoms with E-state index in [-0.39, 0.29) is 16.8 Å². The molecule has 1 atom stereocenters. The number of aliphatic imine (C=N–C) groups is 1. The molecular weight excluding hydrogens is 562 g/mol. The summed E-state index contributed by atoms with van der Waals surface area (Å²) in [6, 6.07) is 11.6. The van der Waals surface area contributed by atoms with Crippen molar-refractivity contribution < 1.29 is 13.2 Å². The summed E-state index contributed by atoms with van der Waals surface area (Å²) in [7, 11) is -3.96. The van der Waals surface area contributed by atoms with Crippen LogP contribution in [0.15, 0.2) is 52.4 Å². The highest BCUT2D eigenvalue weighted by molar-refractivity contribution is 7.89. The molecule has 1 fully saturated rings. The van der Waals surface area contributed by atoms with Crippen LogP contribution in [0.2, 0.25) is 0 Å². The maximum Gasteiger partial charge on any atom is 0.241 e. The lowest BCUT2D eigenvalue weighted by atomic mass is 10.1. The van der Waals surface area contributed by atoms with Gasteiger partial charge in [0.15, 0.2) is 5.96 Å². The van der Waals surface area contributed by atoms with Gasteiger partial charge in [-0.15, -0.1) is 0 Å². The first-order valence-corrected chi connectivity index (χ1v) is 17.6. The van der Waals surface area contributed by atoms with Crippen LogP contribution in [0.1, 0.15) is 77.0 Å². The van der Waals surface area contributed by atoms with Crippen molar-refractivity contribution in [2.24, 2.45) is 22.2 Å². The van der Waals surface area contributed by atoms with Crippen molar-refractivity contribution in [1.82, 2.24) is 14.5 Å². The average Bonchev–Trinajstić information content (AvgIpc) is 3.01. The molecule has 0 spiro atoms. The fourth-order valence-electron chi connectivity index (χ4n) is 5.72. The Hall–Kier alpha value is -2.73. The zero-order valence-electron chi connectivity index (χ0n) is 25.8. The molecule has 0 unspecified atom stereocenters. The van der Waals surface area contributed by atoms with Crippen LogP contribution in [-0.4, -0.2) is 81.9 Å². The molecule has 1 heterocycles. The fourth-order valence-corrected chi connectivity index (χ4v) is 7.18. The van der Waals surface area contributed by atoms with Gasteiger partial charge >= 0.3 is 0 Å². The molecule has 2 aromatic carbocycles. The minimum Gasteiger partial charge on any atom is -0.370 e. The normalized spacial score (nSPS) is 15.0. The molecule has 0 bridgehead atoms. The van der Waals surface area contributed by atoms with Crippen LogP contribution >= 0.6 is 0 Å². The van der Waals surface area contributed by atoms with E-state index in [1.165, 1.54) is 57.8 Å². The van der Waals surface area contributed by atoms with Crippen LogP contribution < -0.4 is 21.9 Å². The summed E-state index contributed by atoms with van der Waals surface area (Å²) < 4.78 is 29.8. The summed E-state index contributed by atoms with van der Waals surface area (Å²) in [5, 5.41) is 1.45. The summed E-state index contributed by atoms with van der Waals surface area (Å²) in [6.07, 6.45) is 13.4. The zero-order chi connectivity index (χ0) is 30.9. The fraction of sp³-hybridized carbons (Fsp3) is 0.625. The third-order valence-electron chi connectivity index (χ3n) is 8.19. The number of nitrogens with one attached hydrogen (secondary N) is 1. The molecule has 1 saturated heterocycles. The van der Waals surface area contributed by atoms with Gasteiger partial charge in [-0.2, -0.15) is 4.72 Å². The largest absolute Gasteiger partial charge is 0.370 e. The van der Waals surface area contributed by atoms with Gasteiger partial charge in [0.2, 0.25) is 15.9 Å². The quantitative estimate of drug-likeness (QED) is 0.101. The van der Waals surface area contributed by atoms with Crippen molar-refractivity contribution in [3.8, 4) is 0 Å². The van der Waals surface area contributed by atoms with Gasteiger partial charge in [-0.1, -0.05) is 87.8 Å². The molecule has 1 aliphatic rings. The van der Waals surface area contributed by atoms with E-state index in [0.717, 1.165) is 38.0 Å². The van der Waals surface area contributed by atoms with Gasteiger partial charge in [0.05, 0.1) is 4.90 Å². The molecule has 1 aliphatic heterocycles. The average molecular weight is 616 g/mol. The van der Waals surface area contributed by atoms with E-state index >= 15 is 0 Å². The number of rotatable bonds is 20. The highest BCUT2D eigenvalue weighted by atomic mass is 32.2. The Bertz CT molecular complexity index is 1240. The van der Waals surface area contributed by atoms with Crippen LogP contribution in [0.25, 0.3) is 10.8 Å². The van der Waals surface area contributed by atoms with E-state index in [2.05, 4.69) is 14.6 Å². The first-order chi connectivity index (χ1) is 20.8. The van der Waals surface area contributed by atoms with E-state index in [4.69, 9.17) is 17.2 Å². The van der Waals surface area contributed by atoms with Gasteiger partial charge < -0.3 is 22.1 Å². The predicted molar refractivity (Wildman–Crippen MR) is 176 cm³/mol. The van der Waals surface area contributed by atoms with Crippen LogP contribution in [-0.2, 0) is 14.8 Å². The third-order valence-corrected chi connectivity index (χ3v) is 9.72. The topological polar surface area (TPSA) is 160 Å². The molecular formula is C32H53N7O3S. The molecule has 2 aromatic rings. The molecule has 0 radical (unpaired) electrons. The summed E-state index contributed by atoms with van der Waals surface area (Å²) in [5.41, 5.74) is 16.5. The number of benzene rings is 2. The van der Waals surface area contributed by atoms with Crippen molar-refractivity contribution in [2.45, 2.75) is 88.0 Å². The SMILES string of the molecule is NCCCCCCCCCCCCN1CCN(C(=O)[C@H](CCCN=C(N)N)NS(=O)(=O)c2cccc3ccccc23)CC1. The second-order valence-electron chi connectivity index (χ2n) is 11.6. The third kappa shape index (κ3) is 12.1. The van der Waals surface area contributed by atoms with E-state index < -0.39 is 16.1 Å². The lowest BCUT2D eigenvalue weighted by molar-refractivity contribution is -0.135. The van der Waals surface area contributed by atoms with Crippen LogP contribution in [0.5, 0.6) is 0 Å². The molecule has 0 aliphatic carbocycles. The number of fused-ring (bicyclic) bond motifs is 1. The van der Waals surface area contributed by atoms with Gasteiger partial charge in [-0.05, 0) is 50.2 Å². The molecule has 0 aromatic heterocycles. The van der Waals surface area contributed by atoms with Crippen LogP contribution in [0.4, 0.5) is 0 Å². The monoisotopic (exact) mass is 615 g/mol. The standard InChI is InChI=1S/C32H53N7O3S/c33-20-11-7-5-3-1-2-4-6-8-12-22-38-23-25-39(26-24-38)31(40)29(18-14-21-36-32(34)35)37-43(41,42)30-19-13-16-27-15-9-10-17-28(27)30/h9-10,13,15-17,19,29,37H,1-8,11-12,14,18,20-26,33H2,(H4,34,35,36)/t29-/m0/s1. The van der Waals surface area contributed by atoms with Gasteiger partial charge in [-0.25, -0.2) is 8.42 Å². The van der Waals surface area contributed by atoms with Gasteiger partial charge in [0, 0.05) is 38.1 Å². The zero-order valence-corrected chi connectivity index (χ0v) is 26.6. The first kappa shape index (κ1) is 34.8. The molecule has 3 rings (SSSR count). The second-order valence-corrected chi connectivity index (χ2v) is 13.3. The number of carbonyl (C=O) groups is 1. The van der Waals surface area contributed by atoms with Gasteiger partial charge in [0.1, 0.15) is 6.04 Å². The molecule has 11 heteroatoms.